The van der Waals surface area contributed by atoms with Crippen molar-refractivity contribution in [2.24, 2.45) is 0 Å². The Bertz CT molecular complexity index is 363. The van der Waals surface area contributed by atoms with Crippen molar-refractivity contribution in [3.8, 4) is 12.3 Å². The predicted molar refractivity (Wildman–Crippen MR) is 91.0 cm³/mol. The summed E-state index contributed by atoms with van der Waals surface area (Å²) in [4.78, 5) is 24.5. The Morgan fingerprint density at radius 2 is 1.57 bits per heavy atom. The quantitative estimate of drug-likeness (QED) is 0.294. The number of esters is 1. The first-order valence-electron chi connectivity index (χ1n) is 8.66. The van der Waals surface area contributed by atoms with Crippen molar-refractivity contribution in [3.63, 3.8) is 0 Å². The second kappa shape index (κ2) is 15.2. The van der Waals surface area contributed by atoms with Crippen LogP contribution in [0.1, 0.15) is 65.2 Å². The predicted octanol–water partition coefficient (Wildman–Crippen LogP) is 3.76. The van der Waals surface area contributed by atoms with E-state index in [0.29, 0.717) is 13.2 Å². The maximum absolute atomic E-state index is 11.7. The van der Waals surface area contributed by atoms with E-state index < -0.39 is 12.1 Å². The highest BCUT2D eigenvalue weighted by Gasteiger charge is 2.17. The van der Waals surface area contributed by atoms with Crippen LogP contribution >= 0.6 is 0 Å². The Balaban J connectivity index is 3.65. The van der Waals surface area contributed by atoms with Crippen LogP contribution in [-0.2, 0) is 14.3 Å². The van der Waals surface area contributed by atoms with Crippen molar-refractivity contribution in [2.75, 3.05) is 26.3 Å². The molecule has 0 aromatic carbocycles. The fraction of sp³-hybridized carbons (Fsp3) is 0.778. The molecule has 0 aliphatic rings. The molecule has 5 nitrogen and oxygen atoms in total. The monoisotopic (exact) mass is 325 g/mol. The van der Waals surface area contributed by atoms with Gasteiger partial charge in [0.15, 0.2) is 6.61 Å². The van der Waals surface area contributed by atoms with E-state index in [0.717, 1.165) is 12.8 Å². The lowest BCUT2D eigenvalue weighted by Crippen LogP contribution is -2.36. The molecule has 1 amide bonds. The van der Waals surface area contributed by atoms with E-state index in [1.54, 1.807) is 6.92 Å². The number of ether oxygens (including phenoxy) is 2. The highest BCUT2D eigenvalue weighted by Crippen LogP contribution is 2.08. The summed E-state index contributed by atoms with van der Waals surface area (Å²) in [5.74, 6) is 1.80. The lowest BCUT2D eigenvalue weighted by atomic mass is 10.1. The summed E-state index contributed by atoms with van der Waals surface area (Å²) in [7, 11) is 0. The van der Waals surface area contributed by atoms with Gasteiger partial charge in [-0.25, -0.2) is 4.79 Å². The van der Waals surface area contributed by atoms with Gasteiger partial charge in [0.2, 0.25) is 0 Å². The number of hydrogen-bond acceptors (Lipinski definition) is 4. The molecule has 5 heteroatoms. The summed E-state index contributed by atoms with van der Waals surface area (Å²) in [5.41, 5.74) is 0. The largest absolute Gasteiger partial charge is 0.464 e. The first-order chi connectivity index (χ1) is 11.2. The Hall–Kier alpha value is -1.70. The minimum absolute atomic E-state index is 0.0946. The number of rotatable bonds is 13. The van der Waals surface area contributed by atoms with Gasteiger partial charge in [0.05, 0.1) is 6.61 Å². The number of unbranched alkanes of at least 4 members (excludes halogenated alkanes) is 7. The molecule has 0 aromatic rings. The van der Waals surface area contributed by atoms with Gasteiger partial charge in [-0.15, -0.1) is 6.42 Å². The first kappa shape index (κ1) is 21.3. The van der Waals surface area contributed by atoms with E-state index in [1.165, 1.54) is 43.4 Å². The number of likely N-dealkylation sites (N-methyl/N-ethyl adjacent to an activating group) is 1. The first-order valence-corrected chi connectivity index (χ1v) is 8.66. The van der Waals surface area contributed by atoms with E-state index in [1.807, 2.05) is 0 Å². The zero-order chi connectivity index (χ0) is 17.3. The minimum Gasteiger partial charge on any atom is -0.464 e. The molecule has 0 N–H and O–H groups in total. The lowest BCUT2D eigenvalue weighted by Gasteiger charge is -2.18. The van der Waals surface area contributed by atoms with Crippen LogP contribution in [0, 0.1) is 12.3 Å². The summed E-state index contributed by atoms with van der Waals surface area (Å²) in [6, 6.07) is 0. The van der Waals surface area contributed by atoms with Crippen LogP contribution in [0.4, 0.5) is 4.79 Å². The van der Waals surface area contributed by atoms with E-state index in [-0.39, 0.29) is 13.2 Å². The molecule has 0 radical (unpaired) electrons. The minimum atomic E-state index is -0.588. The van der Waals surface area contributed by atoms with Crippen LogP contribution in [-0.4, -0.2) is 43.3 Å². The topological polar surface area (TPSA) is 55.8 Å². The second-order valence-electron chi connectivity index (χ2n) is 5.47. The summed E-state index contributed by atoms with van der Waals surface area (Å²) >= 11 is 0. The van der Waals surface area contributed by atoms with Crippen molar-refractivity contribution in [3.05, 3.63) is 0 Å². The van der Waals surface area contributed by atoms with Gasteiger partial charge in [-0.1, -0.05) is 57.8 Å². The zero-order valence-electron chi connectivity index (χ0n) is 14.6. The Labute approximate surface area is 140 Å². The number of hydrogen-bond donors (Lipinski definition) is 0. The summed E-state index contributed by atoms with van der Waals surface area (Å²) < 4.78 is 9.93. The SMILES string of the molecule is C#CCOC(=O)N(CC)CC(=O)OCCCCCCCCCC. The number of amides is 1. The Morgan fingerprint density at radius 3 is 2.13 bits per heavy atom. The summed E-state index contributed by atoms with van der Waals surface area (Å²) in [6.45, 7) is 4.56. The molecule has 0 unspecified atom stereocenters. The van der Waals surface area contributed by atoms with Gasteiger partial charge in [0.1, 0.15) is 6.54 Å². The van der Waals surface area contributed by atoms with Gasteiger partial charge < -0.3 is 9.47 Å². The number of carbonyl (C=O) groups excluding carboxylic acids is 2. The number of carbonyl (C=O) groups is 2. The zero-order valence-corrected chi connectivity index (χ0v) is 14.6. The highest BCUT2D eigenvalue weighted by atomic mass is 16.6. The van der Waals surface area contributed by atoms with Gasteiger partial charge in [0, 0.05) is 6.54 Å². The molecule has 0 rings (SSSR count). The van der Waals surface area contributed by atoms with Gasteiger partial charge in [-0.2, -0.15) is 0 Å². The van der Waals surface area contributed by atoms with Crippen molar-refractivity contribution in [1.29, 1.82) is 0 Å². The van der Waals surface area contributed by atoms with Crippen LogP contribution in [0.3, 0.4) is 0 Å². The van der Waals surface area contributed by atoms with Crippen LogP contribution in [0.5, 0.6) is 0 Å². The molecule has 0 fully saturated rings. The second-order valence-corrected chi connectivity index (χ2v) is 5.47. The maximum atomic E-state index is 11.7. The van der Waals surface area contributed by atoms with E-state index >= 15 is 0 Å². The molecule has 0 heterocycles. The van der Waals surface area contributed by atoms with Gasteiger partial charge in [-0.3, -0.25) is 9.69 Å². The average molecular weight is 325 g/mol. The molecular formula is C18H31NO4. The molecular weight excluding hydrogens is 294 g/mol. The molecule has 0 aliphatic heterocycles. The molecule has 0 bridgehead atoms. The summed E-state index contributed by atoms with van der Waals surface area (Å²) in [6.07, 6.45) is 14.0. The van der Waals surface area contributed by atoms with Crippen molar-refractivity contribution in [1.82, 2.24) is 4.90 Å². The van der Waals surface area contributed by atoms with Crippen LogP contribution in [0.15, 0.2) is 0 Å². The molecule has 0 spiro atoms. The normalized spacial score (nSPS) is 9.96. The smallest absolute Gasteiger partial charge is 0.411 e. The van der Waals surface area contributed by atoms with Crippen molar-refractivity contribution in [2.45, 2.75) is 65.2 Å². The molecule has 23 heavy (non-hydrogen) atoms. The van der Waals surface area contributed by atoms with Crippen LogP contribution in [0.25, 0.3) is 0 Å². The third-order valence-corrected chi connectivity index (χ3v) is 3.50. The standard InChI is InChI=1S/C18H31NO4/c1-4-7-8-9-10-11-12-13-15-22-17(20)16-19(6-3)18(21)23-14-5-2/h2H,4,6-16H2,1,3H3. The third-order valence-electron chi connectivity index (χ3n) is 3.50. The van der Waals surface area contributed by atoms with Gasteiger partial charge in [0.25, 0.3) is 0 Å². The van der Waals surface area contributed by atoms with Crippen LogP contribution in [0.2, 0.25) is 0 Å². The van der Waals surface area contributed by atoms with Gasteiger partial charge in [-0.05, 0) is 13.3 Å². The molecule has 0 atom stereocenters. The Morgan fingerprint density at radius 1 is 0.957 bits per heavy atom. The molecule has 0 aliphatic carbocycles. The van der Waals surface area contributed by atoms with E-state index in [4.69, 9.17) is 15.9 Å². The van der Waals surface area contributed by atoms with E-state index in [2.05, 4.69) is 12.8 Å². The van der Waals surface area contributed by atoms with Crippen molar-refractivity contribution >= 4 is 12.1 Å². The van der Waals surface area contributed by atoms with E-state index in [9.17, 15) is 9.59 Å². The van der Waals surface area contributed by atoms with Gasteiger partial charge >= 0.3 is 12.1 Å². The maximum Gasteiger partial charge on any atom is 0.411 e. The Kier molecular flexibility index (Phi) is 14.1. The molecule has 0 aromatic heterocycles. The van der Waals surface area contributed by atoms with Crippen molar-refractivity contribution < 1.29 is 19.1 Å². The number of nitrogens with zero attached hydrogens (tertiary/aromatic N) is 1. The summed E-state index contributed by atoms with van der Waals surface area (Å²) in [5, 5.41) is 0. The molecule has 132 valence electrons. The van der Waals surface area contributed by atoms with Crippen LogP contribution < -0.4 is 0 Å². The molecule has 0 saturated carbocycles. The fourth-order valence-electron chi connectivity index (χ4n) is 2.12. The fourth-order valence-corrected chi connectivity index (χ4v) is 2.12. The lowest BCUT2D eigenvalue weighted by molar-refractivity contribution is -0.144. The third kappa shape index (κ3) is 12.5. The molecule has 0 saturated heterocycles. The average Bonchev–Trinajstić information content (AvgIpc) is 2.56. The highest BCUT2D eigenvalue weighted by molar-refractivity contribution is 5.78. The number of terminal acetylenes is 1.